The number of hydrazine groups is 1. The van der Waals surface area contributed by atoms with Crippen molar-refractivity contribution in [1.82, 2.24) is 10.4 Å². The van der Waals surface area contributed by atoms with Gasteiger partial charge in [0.05, 0.1) is 12.0 Å². The van der Waals surface area contributed by atoms with Crippen LogP contribution in [0.4, 0.5) is 4.79 Å². The molecule has 0 unspecified atom stereocenters. The lowest BCUT2D eigenvalue weighted by Crippen LogP contribution is -2.47. The predicted octanol–water partition coefficient (Wildman–Crippen LogP) is 1.19. The zero-order chi connectivity index (χ0) is 15.6. The number of thioether (sulfide) groups is 1. The average molecular weight is 325 g/mol. The summed E-state index contributed by atoms with van der Waals surface area (Å²) in [7, 11) is 1.43. The molecule has 0 bridgehead atoms. The summed E-state index contributed by atoms with van der Waals surface area (Å²) >= 11 is 6.02. The molecule has 1 aromatic rings. The lowest BCUT2D eigenvalue weighted by molar-refractivity contribution is -0.123. The molecule has 1 aliphatic heterocycles. The first-order valence-electron chi connectivity index (χ1n) is 5.63. The molecule has 7 nitrogen and oxygen atoms in total. The summed E-state index contributed by atoms with van der Waals surface area (Å²) in [5.74, 6) is -0.192. The second kappa shape index (κ2) is 6.02. The summed E-state index contributed by atoms with van der Waals surface area (Å²) < 4.78 is 5.17. The molecule has 0 saturated carbocycles. The number of carbonyl (C=O) groups is 2. The van der Waals surface area contributed by atoms with Gasteiger partial charge in [0, 0.05) is 0 Å². The highest BCUT2D eigenvalue weighted by atomic mass is 32.2. The van der Waals surface area contributed by atoms with Crippen molar-refractivity contribution in [3.63, 3.8) is 0 Å². The molecule has 1 aliphatic rings. The predicted molar refractivity (Wildman–Crippen MR) is 82.4 cm³/mol. The van der Waals surface area contributed by atoms with Crippen molar-refractivity contribution < 1.29 is 19.4 Å². The summed E-state index contributed by atoms with van der Waals surface area (Å²) in [6.07, 6.45) is 1.57. The van der Waals surface area contributed by atoms with Gasteiger partial charge in [0.25, 0.3) is 5.91 Å². The number of hydrogen-bond donors (Lipinski definition) is 3. The van der Waals surface area contributed by atoms with E-state index < -0.39 is 11.9 Å². The molecule has 0 spiro atoms. The fourth-order valence-corrected chi connectivity index (χ4v) is 2.79. The summed E-state index contributed by atoms with van der Waals surface area (Å²) in [6, 6.07) is 3.77. The Morgan fingerprint density at radius 3 is 2.90 bits per heavy atom. The lowest BCUT2D eigenvalue weighted by atomic mass is 10.2. The molecule has 0 atom stereocenters. The molecule has 2 rings (SSSR count). The van der Waals surface area contributed by atoms with Crippen LogP contribution in [0.1, 0.15) is 5.56 Å². The van der Waals surface area contributed by atoms with Gasteiger partial charge < -0.3 is 15.6 Å². The van der Waals surface area contributed by atoms with E-state index >= 15 is 0 Å². The monoisotopic (exact) mass is 325 g/mol. The number of nitrogens with two attached hydrogens (primary N) is 1. The number of amides is 3. The molecule has 0 aliphatic carbocycles. The second-order valence-electron chi connectivity index (χ2n) is 3.92. The number of carbonyl (C=O) groups excluding carboxylic acids is 2. The van der Waals surface area contributed by atoms with E-state index in [1.807, 2.05) is 0 Å². The maximum atomic E-state index is 12.1. The number of methoxy groups -OCH3 is 1. The van der Waals surface area contributed by atoms with Crippen LogP contribution in [0.15, 0.2) is 23.1 Å². The number of nitrogens with zero attached hydrogens (tertiary/aromatic N) is 1. The number of rotatable bonds is 3. The van der Waals surface area contributed by atoms with Gasteiger partial charge in [0.15, 0.2) is 15.8 Å². The SMILES string of the molecule is COc1cc(/C=C2/SC(=S)N(NC(N)=O)C2=O)ccc1O. The number of ether oxygens (including phenoxy) is 1. The number of primary amides is 1. The summed E-state index contributed by atoms with van der Waals surface area (Å²) in [6.45, 7) is 0. The molecule has 1 aromatic carbocycles. The maximum absolute atomic E-state index is 12.1. The van der Waals surface area contributed by atoms with Gasteiger partial charge in [-0.15, -0.1) is 0 Å². The highest BCUT2D eigenvalue weighted by molar-refractivity contribution is 8.26. The molecule has 0 aromatic heterocycles. The van der Waals surface area contributed by atoms with Crippen LogP contribution < -0.4 is 15.9 Å². The van der Waals surface area contributed by atoms with Gasteiger partial charge in [-0.3, -0.25) is 4.79 Å². The Morgan fingerprint density at radius 2 is 2.29 bits per heavy atom. The third-order valence-corrected chi connectivity index (χ3v) is 3.82. The van der Waals surface area contributed by atoms with Gasteiger partial charge in [-0.05, 0) is 36.0 Å². The molecule has 3 amide bonds. The Morgan fingerprint density at radius 1 is 1.57 bits per heavy atom. The van der Waals surface area contributed by atoms with E-state index in [0.717, 1.165) is 16.8 Å². The van der Waals surface area contributed by atoms with E-state index in [2.05, 4.69) is 5.43 Å². The van der Waals surface area contributed by atoms with Crippen molar-refractivity contribution in [3.05, 3.63) is 28.7 Å². The normalized spacial score (nSPS) is 16.4. The van der Waals surface area contributed by atoms with E-state index in [1.54, 1.807) is 18.2 Å². The van der Waals surface area contributed by atoms with Crippen LogP contribution in [-0.4, -0.2) is 33.5 Å². The average Bonchev–Trinajstić information content (AvgIpc) is 2.68. The molecule has 1 saturated heterocycles. The molecule has 0 radical (unpaired) electrons. The first-order chi connectivity index (χ1) is 9.92. The highest BCUT2D eigenvalue weighted by Gasteiger charge is 2.33. The van der Waals surface area contributed by atoms with Crippen molar-refractivity contribution in [1.29, 1.82) is 0 Å². The number of phenolic OH excluding ortho intramolecular Hbond substituents is 1. The zero-order valence-corrected chi connectivity index (χ0v) is 12.5. The first kappa shape index (κ1) is 15.1. The van der Waals surface area contributed by atoms with Gasteiger partial charge in [-0.2, -0.15) is 5.01 Å². The van der Waals surface area contributed by atoms with Crippen molar-refractivity contribution >= 4 is 46.3 Å². The number of benzene rings is 1. The molecular weight excluding hydrogens is 314 g/mol. The Labute approximate surface area is 129 Å². The van der Waals surface area contributed by atoms with Crippen LogP contribution in [-0.2, 0) is 4.79 Å². The van der Waals surface area contributed by atoms with Crippen molar-refractivity contribution in [2.75, 3.05) is 7.11 Å². The topological polar surface area (TPSA) is 105 Å². The maximum Gasteiger partial charge on any atom is 0.331 e. The van der Waals surface area contributed by atoms with Crippen molar-refractivity contribution in [3.8, 4) is 11.5 Å². The van der Waals surface area contributed by atoms with E-state index in [0.29, 0.717) is 10.5 Å². The van der Waals surface area contributed by atoms with Crippen LogP contribution in [0.25, 0.3) is 6.08 Å². The minimum Gasteiger partial charge on any atom is -0.504 e. The summed E-state index contributed by atoms with van der Waals surface area (Å²) in [5.41, 5.74) is 7.76. The molecule has 4 N–H and O–H groups in total. The van der Waals surface area contributed by atoms with Gasteiger partial charge in [0.2, 0.25) is 0 Å². The van der Waals surface area contributed by atoms with Crippen molar-refractivity contribution in [2.24, 2.45) is 5.73 Å². The first-order valence-corrected chi connectivity index (χ1v) is 6.86. The lowest BCUT2D eigenvalue weighted by Gasteiger charge is -2.12. The molecule has 9 heteroatoms. The molecular formula is C12H11N3O4S2. The Hall–Kier alpha value is -2.26. The van der Waals surface area contributed by atoms with Crippen LogP contribution in [0, 0.1) is 0 Å². The molecule has 1 fully saturated rings. The van der Waals surface area contributed by atoms with E-state index in [4.69, 9.17) is 22.7 Å². The summed E-state index contributed by atoms with van der Waals surface area (Å²) in [4.78, 5) is 23.2. The summed E-state index contributed by atoms with van der Waals surface area (Å²) in [5, 5.41) is 10.4. The minimum atomic E-state index is -0.876. The van der Waals surface area contributed by atoms with E-state index in [-0.39, 0.29) is 15.8 Å². The van der Waals surface area contributed by atoms with Crippen LogP contribution in [0.5, 0.6) is 11.5 Å². The van der Waals surface area contributed by atoms with Crippen LogP contribution in [0.2, 0.25) is 0 Å². The third-order valence-electron chi connectivity index (χ3n) is 2.52. The van der Waals surface area contributed by atoms with Gasteiger partial charge in [0.1, 0.15) is 0 Å². The smallest absolute Gasteiger partial charge is 0.331 e. The van der Waals surface area contributed by atoms with Gasteiger partial charge in [-0.1, -0.05) is 17.8 Å². The fourth-order valence-electron chi connectivity index (χ4n) is 1.61. The largest absolute Gasteiger partial charge is 0.504 e. The number of aromatic hydroxyl groups is 1. The molecule has 21 heavy (non-hydrogen) atoms. The number of thiocarbonyl (C=S) groups is 1. The Balaban J connectivity index is 2.28. The second-order valence-corrected chi connectivity index (χ2v) is 5.60. The minimum absolute atomic E-state index is 0.00223. The number of hydrogen-bond acceptors (Lipinski definition) is 6. The third kappa shape index (κ3) is 3.26. The zero-order valence-electron chi connectivity index (χ0n) is 10.8. The Kier molecular flexibility index (Phi) is 4.34. The standard InChI is InChI=1S/C12H11N3O4S2/c1-19-8-4-6(2-3-7(8)16)5-9-10(17)15(12(20)21-9)14-11(13)18/h2-5,16H,1H3,(H3,13,14,18)/b9-5+. The number of urea groups is 1. The quantitative estimate of drug-likeness (QED) is 0.569. The van der Waals surface area contributed by atoms with E-state index in [9.17, 15) is 14.7 Å². The van der Waals surface area contributed by atoms with Crippen LogP contribution >= 0.6 is 24.0 Å². The molecule has 110 valence electrons. The molecule has 1 heterocycles. The van der Waals surface area contributed by atoms with Crippen LogP contribution in [0.3, 0.4) is 0 Å². The Bertz CT molecular complexity index is 660. The van der Waals surface area contributed by atoms with E-state index in [1.165, 1.54) is 13.2 Å². The number of phenols is 1. The number of nitrogens with one attached hydrogen (secondary N) is 1. The van der Waals surface area contributed by atoms with Gasteiger partial charge >= 0.3 is 6.03 Å². The van der Waals surface area contributed by atoms with Crippen molar-refractivity contribution in [2.45, 2.75) is 0 Å². The van der Waals surface area contributed by atoms with Gasteiger partial charge in [-0.25, -0.2) is 10.2 Å². The fraction of sp³-hybridized carbons (Fsp3) is 0.0833. The highest BCUT2D eigenvalue weighted by Crippen LogP contribution is 2.33.